The Labute approximate surface area is 190 Å². The SMILES string of the molecule is C[C@@]1(CCC(=O)Nc2c(O)ccc(C(=O)O)c2O)C(=O)C=C[C@@]23C[C@@H](CC[C@H]21)[C@](O)(CO)C3. The average molecular weight is 459 g/mol. The van der Waals surface area contributed by atoms with E-state index in [1.165, 1.54) is 6.08 Å². The van der Waals surface area contributed by atoms with Gasteiger partial charge in [-0.1, -0.05) is 13.0 Å². The van der Waals surface area contributed by atoms with E-state index >= 15 is 0 Å². The number of phenols is 2. The van der Waals surface area contributed by atoms with Crippen molar-refractivity contribution in [1.29, 1.82) is 0 Å². The Morgan fingerprint density at radius 2 is 1.94 bits per heavy atom. The number of hydrogen-bond acceptors (Lipinski definition) is 7. The lowest BCUT2D eigenvalue weighted by atomic mass is 9.52. The van der Waals surface area contributed by atoms with Crippen LogP contribution in [0.1, 0.15) is 55.8 Å². The maximum atomic E-state index is 13.0. The van der Waals surface area contributed by atoms with Crippen molar-refractivity contribution in [1.82, 2.24) is 0 Å². The van der Waals surface area contributed by atoms with E-state index < -0.39 is 45.4 Å². The second-order valence-corrected chi connectivity index (χ2v) is 10.0. The van der Waals surface area contributed by atoms with Crippen molar-refractivity contribution in [2.75, 3.05) is 11.9 Å². The van der Waals surface area contributed by atoms with Crippen molar-refractivity contribution in [2.24, 2.45) is 22.7 Å². The third kappa shape index (κ3) is 3.59. The number of hydrogen-bond donors (Lipinski definition) is 6. The van der Waals surface area contributed by atoms with Gasteiger partial charge in [0.25, 0.3) is 0 Å². The summed E-state index contributed by atoms with van der Waals surface area (Å²) in [6.45, 7) is 1.50. The van der Waals surface area contributed by atoms with Gasteiger partial charge in [0.2, 0.25) is 5.91 Å². The van der Waals surface area contributed by atoms with Gasteiger partial charge in [-0.2, -0.15) is 0 Å². The lowest BCUT2D eigenvalue weighted by molar-refractivity contribution is -0.133. The lowest BCUT2D eigenvalue weighted by Gasteiger charge is -2.50. The zero-order chi connectivity index (χ0) is 24.2. The fraction of sp³-hybridized carbons (Fsp3) is 0.542. The minimum atomic E-state index is -1.41. The van der Waals surface area contributed by atoms with Gasteiger partial charge in [-0.05, 0) is 67.6 Å². The Morgan fingerprint density at radius 3 is 2.61 bits per heavy atom. The summed E-state index contributed by atoms with van der Waals surface area (Å²) in [5.74, 6) is -3.42. The number of fused-ring (bicyclic) bond motifs is 1. The Balaban J connectivity index is 1.52. The molecule has 1 aromatic carbocycles. The van der Waals surface area contributed by atoms with E-state index in [0.717, 1.165) is 12.1 Å². The van der Waals surface area contributed by atoms with Gasteiger partial charge in [-0.25, -0.2) is 4.79 Å². The van der Waals surface area contributed by atoms with Crippen LogP contribution in [0, 0.1) is 22.7 Å². The van der Waals surface area contributed by atoms with Gasteiger partial charge in [0.05, 0.1) is 12.2 Å². The highest BCUT2D eigenvalue weighted by molar-refractivity contribution is 6.00. The monoisotopic (exact) mass is 459 g/mol. The molecule has 2 saturated carbocycles. The summed E-state index contributed by atoms with van der Waals surface area (Å²) in [7, 11) is 0. The number of carboxylic acids is 1. The number of aromatic carboxylic acids is 1. The molecule has 1 spiro atoms. The molecule has 0 unspecified atom stereocenters. The van der Waals surface area contributed by atoms with Crippen LogP contribution in [0.4, 0.5) is 5.69 Å². The number of nitrogens with one attached hydrogen (secondary N) is 1. The summed E-state index contributed by atoms with van der Waals surface area (Å²) in [6.07, 6.45) is 5.98. The number of aromatic hydroxyl groups is 2. The number of ketones is 1. The average Bonchev–Trinajstić information content (AvgIpc) is 2.98. The molecule has 2 fully saturated rings. The van der Waals surface area contributed by atoms with Crippen molar-refractivity contribution >= 4 is 23.3 Å². The molecule has 5 atom stereocenters. The number of carbonyl (C=O) groups excluding carboxylic acids is 2. The number of allylic oxidation sites excluding steroid dienone is 2. The number of phenolic OH excluding ortho intramolecular Hbond substituents is 1. The third-order valence-electron chi connectivity index (χ3n) is 8.21. The summed E-state index contributed by atoms with van der Waals surface area (Å²) >= 11 is 0. The van der Waals surface area contributed by atoms with Crippen molar-refractivity contribution < 1.29 is 39.9 Å². The van der Waals surface area contributed by atoms with E-state index in [9.17, 15) is 34.8 Å². The smallest absolute Gasteiger partial charge is 0.339 e. The van der Waals surface area contributed by atoms with E-state index in [4.69, 9.17) is 5.11 Å². The number of benzene rings is 1. The molecule has 0 heterocycles. The Kier molecular flexibility index (Phi) is 5.53. The Morgan fingerprint density at radius 1 is 1.21 bits per heavy atom. The van der Waals surface area contributed by atoms with Crippen LogP contribution in [0.2, 0.25) is 0 Å². The molecule has 1 amide bonds. The van der Waals surface area contributed by atoms with Crippen LogP contribution < -0.4 is 5.32 Å². The van der Waals surface area contributed by atoms with E-state index in [1.807, 2.05) is 13.0 Å². The first kappa shape index (κ1) is 23.3. The zero-order valence-corrected chi connectivity index (χ0v) is 18.4. The van der Waals surface area contributed by atoms with Crippen LogP contribution in [0.5, 0.6) is 11.5 Å². The maximum absolute atomic E-state index is 13.0. The molecular weight excluding hydrogens is 430 g/mol. The molecule has 9 nitrogen and oxygen atoms in total. The molecular formula is C24H29NO8. The second kappa shape index (κ2) is 7.85. The largest absolute Gasteiger partial charge is 0.506 e. The first-order valence-electron chi connectivity index (χ1n) is 11.1. The fourth-order valence-corrected chi connectivity index (χ4v) is 6.46. The molecule has 4 rings (SSSR count). The Bertz CT molecular complexity index is 1050. The van der Waals surface area contributed by atoms with Crippen LogP contribution >= 0.6 is 0 Å². The van der Waals surface area contributed by atoms with Gasteiger partial charge in [0.15, 0.2) is 11.5 Å². The minimum Gasteiger partial charge on any atom is -0.506 e. The molecule has 1 aromatic rings. The van der Waals surface area contributed by atoms with Crippen LogP contribution in [0.15, 0.2) is 24.3 Å². The van der Waals surface area contributed by atoms with Crippen molar-refractivity contribution in [3.63, 3.8) is 0 Å². The van der Waals surface area contributed by atoms with Gasteiger partial charge in [-0.15, -0.1) is 0 Å². The van der Waals surface area contributed by atoms with Crippen LogP contribution in [0.25, 0.3) is 0 Å². The topological polar surface area (TPSA) is 164 Å². The Hall–Kier alpha value is -2.91. The highest BCUT2D eigenvalue weighted by atomic mass is 16.4. The highest BCUT2D eigenvalue weighted by Gasteiger charge is 2.63. The molecule has 0 radical (unpaired) electrons. The summed E-state index contributed by atoms with van der Waals surface area (Å²) in [4.78, 5) is 36.9. The first-order valence-corrected chi connectivity index (χ1v) is 11.1. The number of anilines is 1. The standard InChI is InChI=1S/C24H29NO8/c1-22(8-7-18(29)25-19-15(27)4-3-14(20(19)30)21(31)32)16-5-2-13-10-23(16,9-6-17(22)28)11-24(13,33)12-26/h3-4,6,9,13,16,26-27,30,33H,2,5,7-8,10-12H2,1H3,(H,25,29)(H,31,32)/t13-,16+,22+,23+,24-/m1/s1. The van der Waals surface area contributed by atoms with Crippen molar-refractivity contribution in [2.45, 2.75) is 51.0 Å². The second-order valence-electron chi connectivity index (χ2n) is 10.0. The van der Waals surface area contributed by atoms with E-state index in [-0.39, 0.29) is 42.8 Å². The molecule has 33 heavy (non-hydrogen) atoms. The molecule has 178 valence electrons. The number of aliphatic hydroxyl groups is 2. The summed E-state index contributed by atoms with van der Waals surface area (Å²) in [5.41, 5.74) is -3.28. The van der Waals surface area contributed by atoms with Crippen molar-refractivity contribution in [3.05, 3.63) is 29.8 Å². The predicted molar refractivity (Wildman–Crippen MR) is 117 cm³/mol. The first-order chi connectivity index (χ1) is 15.5. The molecule has 9 heteroatoms. The van der Waals surface area contributed by atoms with Gasteiger partial charge < -0.3 is 30.8 Å². The lowest BCUT2D eigenvalue weighted by Crippen LogP contribution is -2.48. The molecule has 0 saturated heterocycles. The summed E-state index contributed by atoms with van der Waals surface area (Å²) in [6, 6.07) is 2.10. The maximum Gasteiger partial charge on any atom is 0.339 e. The van der Waals surface area contributed by atoms with E-state index in [2.05, 4.69) is 5.32 Å². The minimum absolute atomic E-state index is 0.0309. The molecule has 3 aliphatic carbocycles. The molecule has 0 aliphatic heterocycles. The number of carboxylic acid groups (broad SMARTS) is 1. The summed E-state index contributed by atoms with van der Waals surface area (Å²) in [5, 5.41) is 52.3. The molecule has 2 bridgehead atoms. The van der Waals surface area contributed by atoms with Crippen LogP contribution in [-0.4, -0.2) is 55.4 Å². The van der Waals surface area contributed by atoms with Crippen LogP contribution in [-0.2, 0) is 9.59 Å². The zero-order valence-electron chi connectivity index (χ0n) is 18.4. The molecule has 0 aromatic heterocycles. The van der Waals surface area contributed by atoms with Gasteiger partial charge >= 0.3 is 5.97 Å². The van der Waals surface area contributed by atoms with Gasteiger partial charge in [0, 0.05) is 11.8 Å². The number of rotatable bonds is 6. The van der Waals surface area contributed by atoms with Gasteiger partial charge in [-0.3, -0.25) is 9.59 Å². The van der Waals surface area contributed by atoms with Gasteiger partial charge in [0.1, 0.15) is 17.0 Å². The van der Waals surface area contributed by atoms with Crippen molar-refractivity contribution in [3.8, 4) is 11.5 Å². The highest BCUT2D eigenvalue weighted by Crippen LogP contribution is 2.65. The van der Waals surface area contributed by atoms with E-state index in [1.54, 1.807) is 0 Å². The third-order valence-corrected chi connectivity index (χ3v) is 8.21. The fourth-order valence-electron chi connectivity index (χ4n) is 6.46. The number of carbonyl (C=O) groups is 3. The number of amides is 1. The van der Waals surface area contributed by atoms with E-state index in [0.29, 0.717) is 25.7 Å². The number of aliphatic hydroxyl groups excluding tert-OH is 1. The molecule has 3 aliphatic rings. The predicted octanol–water partition coefficient (Wildman–Crippen LogP) is 2.19. The van der Waals surface area contributed by atoms with Crippen LogP contribution in [0.3, 0.4) is 0 Å². The summed E-state index contributed by atoms with van der Waals surface area (Å²) < 4.78 is 0. The molecule has 6 N–H and O–H groups in total. The normalized spacial score (nSPS) is 34.7. The quantitative estimate of drug-likeness (QED) is 0.352.